The minimum atomic E-state index is 0.715. The van der Waals surface area contributed by atoms with Crippen molar-refractivity contribution in [2.45, 2.75) is 20.3 Å². The highest BCUT2D eigenvalue weighted by molar-refractivity contribution is 5.52. The van der Waals surface area contributed by atoms with Gasteiger partial charge in [-0.25, -0.2) is 0 Å². The molecule has 0 aromatic heterocycles. The number of benzene rings is 2. The predicted molar refractivity (Wildman–Crippen MR) is 90.0 cm³/mol. The molecule has 3 nitrogen and oxygen atoms in total. The van der Waals surface area contributed by atoms with Crippen molar-refractivity contribution in [2.24, 2.45) is 0 Å². The van der Waals surface area contributed by atoms with E-state index in [-0.39, 0.29) is 0 Å². The number of ether oxygens (including phenoxy) is 1. The molecule has 112 valence electrons. The van der Waals surface area contributed by atoms with Crippen LogP contribution in [0.2, 0.25) is 0 Å². The molecule has 0 aliphatic rings. The van der Waals surface area contributed by atoms with Crippen LogP contribution in [0.1, 0.15) is 18.9 Å². The second kappa shape index (κ2) is 7.58. The van der Waals surface area contributed by atoms with E-state index in [0.717, 1.165) is 30.9 Å². The standard InChI is InChI=1S/C18H24N2O/c1-3-20(18-8-5-4-7-15(18)2)13-6-14-21-17-11-9-16(19)10-12-17/h4-5,7-12H,3,6,13-14,19H2,1-2H3. The van der Waals surface area contributed by atoms with E-state index >= 15 is 0 Å². The third-order valence-electron chi connectivity index (χ3n) is 3.56. The molecular formula is C18H24N2O. The summed E-state index contributed by atoms with van der Waals surface area (Å²) in [5.41, 5.74) is 9.05. The zero-order chi connectivity index (χ0) is 15.1. The van der Waals surface area contributed by atoms with Crippen LogP contribution in [0.3, 0.4) is 0 Å². The number of nitrogen functional groups attached to an aromatic ring is 1. The Kier molecular flexibility index (Phi) is 5.50. The largest absolute Gasteiger partial charge is 0.494 e. The Morgan fingerprint density at radius 3 is 2.43 bits per heavy atom. The third kappa shape index (κ3) is 4.42. The van der Waals surface area contributed by atoms with Gasteiger partial charge in [0.05, 0.1) is 6.61 Å². The first-order valence-electron chi connectivity index (χ1n) is 7.49. The lowest BCUT2D eigenvalue weighted by molar-refractivity contribution is 0.312. The van der Waals surface area contributed by atoms with Crippen LogP contribution in [0.4, 0.5) is 11.4 Å². The van der Waals surface area contributed by atoms with E-state index in [4.69, 9.17) is 10.5 Å². The Morgan fingerprint density at radius 1 is 1.05 bits per heavy atom. The monoisotopic (exact) mass is 284 g/mol. The highest BCUT2D eigenvalue weighted by atomic mass is 16.5. The molecule has 0 aliphatic heterocycles. The van der Waals surface area contributed by atoms with Gasteiger partial charge in [0.1, 0.15) is 5.75 Å². The molecule has 0 saturated heterocycles. The highest BCUT2D eigenvalue weighted by Crippen LogP contribution is 2.19. The molecule has 0 atom stereocenters. The molecule has 0 fully saturated rings. The van der Waals surface area contributed by atoms with Crippen molar-refractivity contribution in [2.75, 3.05) is 30.3 Å². The maximum atomic E-state index is 5.74. The maximum Gasteiger partial charge on any atom is 0.119 e. The summed E-state index contributed by atoms with van der Waals surface area (Å²) in [6, 6.07) is 16.1. The van der Waals surface area contributed by atoms with Gasteiger partial charge in [0, 0.05) is 24.5 Å². The first-order chi connectivity index (χ1) is 10.2. The zero-order valence-corrected chi connectivity index (χ0v) is 12.9. The fourth-order valence-corrected chi connectivity index (χ4v) is 2.38. The number of anilines is 2. The predicted octanol–water partition coefficient (Wildman–Crippen LogP) is 3.87. The number of nitrogens with two attached hydrogens (primary N) is 1. The van der Waals surface area contributed by atoms with E-state index in [9.17, 15) is 0 Å². The molecule has 2 aromatic rings. The lowest BCUT2D eigenvalue weighted by atomic mass is 10.2. The quantitative estimate of drug-likeness (QED) is 0.619. The topological polar surface area (TPSA) is 38.5 Å². The molecule has 0 saturated carbocycles. The van der Waals surface area contributed by atoms with Crippen molar-refractivity contribution in [3.8, 4) is 5.75 Å². The van der Waals surface area contributed by atoms with Gasteiger partial charge < -0.3 is 15.4 Å². The van der Waals surface area contributed by atoms with Gasteiger partial charge in [0.2, 0.25) is 0 Å². The Labute approximate surface area is 127 Å². The van der Waals surface area contributed by atoms with E-state index in [1.54, 1.807) is 0 Å². The molecule has 2 N–H and O–H groups in total. The summed E-state index contributed by atoms with van der Waals surface area (Å²) in [7, 11) is 0. The van der Waals surface area contributed by atoms with Gasteiger partial charge in [-0.15, -0.1) is 0 Å². The van der Waals surface area contributed by atoms with E-state index in [2.05, 4.69) is 43.0 Å². The Morgan fingerprint density at radius 2 is 1.76 bits per heavy atom. The van der Waals surface area contributed by atoms with Crippen molar-refractivity contribution < 1.29 is 4.74 Å². The molecule has 2 aromatic carbocycles. The van der Waals surface area contributed by atoms with Crippen LogP contribution in [0, 0.1) is 6.92 Å². The van der Waals surface area contributed by atoms with Gasteiger partial charge in [-0.3, -0.25) is 0 Å². The lowest BCUT2D eigenvalue weighted by Gasteiger charge is -2.24. The number of hydrogen-bond acceptors (Lipinski definition) is 3. The van der Waals surface area contributed by atoms with E-state index in [0.29, 0.717) is 6.61 Å². The minimum absolute atomic E-state index is 0.715. The molecule has 21 heavy (non-hydrogen) atoms. The second-order valence-corrected chi connectivity index (χ2v) is 5.14. The van der Waals surface area contributed by atoms with E-state index in [1.807, 2.05) is 24.3 Å². The van der Waals surface area contributed by atoms with Crippen molar-refractivity contribution in [1.29, 1.82) is 0 Å². The molecule has 0 heterocycles. The molecule has 0 bridgehead atoms. The maximum absolute atomic E-state index is 5.74. The van der Waals surface area contributed by atoms with Crippen molar-refractivity contribution in [1.82, 2.24) is 0 Å². The molecule has 0 radical (unpaired) electrons. The van der Waals surface area contributed by atoms with Crippen LogP contribution in [0.15, 0.2) is 48.5 Å². The Hall–Kier alpha value is -2.16. The van der Waals surface area contributed by atoms with Crippen LogP contribution in [-0.2, 0) is 0 Å². The summed E-state index contributed by atoms with van der Waals surface area (Å²) >= 11 is 0. The summed E-state index contributed by atoms with van der Waals surface area (Å²) in [6.45, 7) is 7.06. The highest BCUT2D eigenvalue weighted by Gasteiger charge is 2.06. The SMILES string of the molecule is CCN(CCCOc1ccc(N)cc1)c1ccccc1C. The van der Waals surface area contributed by atoms with Gasteiger partial charge in [-0.2, -0.15) is 0 Å². The van der Waals surface area contributed by atoms with E-state index in [1.165, 1.54) is 11.3 Å². The van der Waals surface area contributed by atoms with Crippen molar-refractivity contribution in [3.63, 3.8) is 0 Å². The summed E-state index contributed by atoms with van der Waals surface area (Å²) in [4.78, 5) is 2.39. The molecule has 0 unspecified atom stereocenters. The van der Waals surface area contributed by atoms with Crippen molar-refractivity contribution in [3.05, 3.63) is 54.1 Å². The number of rotatable bonds is 7. The lowest BCUT2D eigenvalue weighted by Crippen LogP contribution is -2.25. The van der Waals surface area contributed by atoms with Gasteiger partial charge >= 0.3 is 0 Å². The molecule has 3 heteroatoms. The average molecular weight is 284 g/mol. The molecule has 0 aliphatic carbocycles. The number of para-hydroxylation sites is 1. The Bertz CT molecular complexity index is 551. The Balaban J connectivity index is 1.81. The average Bonchev–Trinajstić information content (AvgIpc) is 2.50. The van der Waals surface area contributed by atoms with Crippen LogP contribution in [-0.4, -0.2) is 19.7 Å². The second-order valence-electron chi connectivity index (χ2n) is 5.14. The number of aryl methyl sites for hydroxylation is 1. The first kappa shape index (κ1) is 15.2. The minimum Gasteiger partial charge on any atom is -0.494 e. The molecule has 0 spiro atoms. The van der Waals surface area contributed by atoms with Gasteiger partial charge in [0.15, 0.2) is 0 Å². The molecule has 0 amide bonds. The fraction of sp³-hybridized carbons (Fsp3) is 0.333. The van der Waals surface area contributed by atoms with Gasteiger partial charge in [-0.05, 0) is 56.2 Å². The van der Waals surface area contributed by atoms with Gasteiger partial charge in [0.25, 0.3) is 0 Å². The normalized spacial score (nSPS) is 10.4. The van der Waals surface area contributed by atoms with E-state index < -0.39 is 0 Å². The van der Waals surface area contributed by atoms with Crippen LogP contribution in [0.25, 0.3) is 0 Å². The molecule has 2 rings (SSSR count). The fourth-order valence-electron chi connectivity index (χ4n) is 2.38. The van der Waals surface area contributed by atoms with Crippen LogP contribution < -0.4 is 15.4 Å². The summed E-state index contributed by atoms with van der Waals surface area (Å²) < 4.78 is 5.74. The summed E-state index contributed by atoms with van der Waals surface area (Å²) in [6.07, 6.45) is 0.993. The zero-order valence-electron chi connectivity index (χ0n) is 12.9. The summed E-state index contributed by atoms with van der Waals surface area (Å²) in [5.74, 6) is 0.878. The van der Waals surface area contributed by atoms with Gasteiger partial charge in [-0.1, -0.05) is 18.2 Å². The van der Waals surface area contributed by atoms with Crippen LogP contribution in [0.5, 0.6) is 5.75 Å². The molecular weight excluding hydrogens is 260 g/mol. The van der Waals surface area contributed by atoms with Crippen LogP contribution >= 0.6 is 0 Å². The number of hydrogen-bond donors (Lipinski definition) is 1. The van der Waals surface area contributed by atoms with Crippen molar-refractivity contribution >= 4 is 11.4 Å². The summed E-state index contributed by atoms with van der Waals surface area (Å²) in [5, 5.41) is 0. The smallest absolute Gasteiger partial charge is 0.119 e. The first-order valence-corrected chi connectivity index (χ1v) is 7.49. The third-order valence-corrected chi connectivity index (χ3v) is 3.56. The number of nitrogens with zero attached hydrogens (tertiary/aromatic N) is 1.